The summed E-state index contributed by atoms with van der Waals surface area (Å²) in [6, 6.07) is 8.77. The van der Waals surface area contributed by atoms with E-state index >= 15 is 0 Å². The van der Waals surface area contributed by atoms with Crippen molar-refractivity contribution in [3.05, 3.63) is 29.8 Å². The van der Waals surface area contributed by atoms with E-state index in [4.69, 9.17) is 4.74 Å². The van der Waals surface area contributed by atoms with Crippen molar-refractivity contribution in [2.24, 2.45) is 5.92 Å². The summed E-state index contributed by atoms with van der Waals surface area (Å²) in [6.07, 6.45) is 2.26. The third-order valence-electron chi connectivity index (χ3n) is 2.89. The third-order valence-corrected chi connectivity index (χ3v) is 2.89. The van der Waals surface area contributed by atoms with Gasteiger partial charge in [-0.1, -0.05) is 26.0 Å². The third kappa shape index (κ3) is 5.73. The van der Waals surface area contributed by atoms with Crippen LogP contribution in [0.2, 0.25) is 0 Å². The van der Waals surface area contributed by atoms with Gasteiger partial charge >= 0.3 is 0 Å². The smallest absolute Gasteiger partial charge is 0.119 e. The van der Waals surface area contributed by atoms with Crippen molar-refractivity contribution in [2.75, 3.05) is 13.7 Å². The molecule has 1 aromatic carbocycles. The van der Waals surface area contributed by atoms with Crippen molar-refractivity contribution < 1.29 is 4.74 Å². The van der Waals surface area contributed by atoms with E-state index in [0.29, 0.717) is 6.04 Å². The molecular formula is C15H25NO. The van der Waals surface area contributed by atoms with Gasteiger partial charge in [-0.15, -0.1) is 0 Å². The van der Waals surface area contributed by atoms with Crippen molar-refractivity contribution in [1.82, 2.24) is 5.32 Å². The Hall–Kier alpha value is -1.02. The molecule has 0 fully saturated rings. The number of hydrogen-bond acceptors (Lipinski definition) is 2. The maximum Gasteiger partial charge on any atom is 0.119 e. The second kappa shape index (κ2) is 7.33. The lowest BCUT2D eigenvalue weighted by Gasteiger charge is -2.18. The van der Waals surface area contributed by atoms with Gasteiger partial charge in [0, 0.05) is 6.04 Å². The minimum absolute atomic E-state index is 0.555. The second-order valence-corrected chi connectivity index (χ2v) is 5.07. The van der Waals surface area contributed by atoms with Crippen molar-refractivity contribution in [1.29, 1.82) is 0 Å². The molecule has 1 rings (SSSR count). The Labute approximate surface area is 105 Å². The first-order chi connectivity index (χ1) is 8.11. The Morgan fingerprint density at radius 2 is 2.06 bits per heavy atom. The quantitative estimate of drug-likeness (QED) is 0.782. The van der Waals surface area contributed by atoms with Crippen LogP contribution in [-0.4, -0.2) is 19.7 Å². The zero-order valence-electron chi connectivity index (χ0n) is 11.5. The Morgan fingerprint density at radius 3 is 2.65 bits per heavy atom. The van der Waals surface area contributed by atoms with Crippen LogP contribution in [0, 0.1) is 12.8 Å². The monoisotopic (exact) mass is 235 g/mol. The summed E-state index contributed by atoms with van der Waals surface area (Å²) in [5.74, 6) is 1.70. The van der Waals surface area contributed by atoms with Gasteiger partial charge < -0.3 is 10.1 Å². The maximum atomic E-state index is 5.76. The van der Waals surface area contributed by atoms with E-state index in [-0.39, 0.29) is 0 Å². The molecule has 1 aromatic rings. The van der Waals surface area contributed by atoms with Crippen LogP contribution >= 0.6 is 0 Å². The Morgan fingerprint density at radius 1 is 1.29 bits per heavy atom. The summed E-state index contributed by atoms with van der Waals surface area (Å²) in [5.41, 5.74) is 1.25. The van der Waals surface area contributed by atoms with Crippen LogP contribution < -0.4 is 10.1 Å². The van der Waals surface area contributed by atoms with E-state index < -0.39 is 0 Å². The molecular weight excluding hydrogens is 210 g/mol. The van der Waals surface area contributed by atoms with E-state index in [1.54, 1.807) is 0 Å². The molecule has 0 aliphatic rings. The van der Waals surface area contributed by atoms with Gasteiger partial charge in [-0.2, -0.15) is 0 Å². The van der Waals surface area contributed by atoms with Gasteiger partial charge in [-0.25, -0.2) is 0 Å². The fraction of sp³-hybridized carbons (Fsp3) is 0.600. The molecule has 17 heavy (non-hydrogen) atoms. The molecule has 2 heteroatoms. The van der Waals surface area contributed by atoms with Crippen molar-refractivity contribution in [3.8, 4) is 5.75 Å². The van der Waals surface area contributed by atoms with E-state index in [0.717, 1.165) is 24.7 Å². The van der Waals surface area contributed by atoms with Gasteiger partial charge in [0.15, 0.2) is 0 Å². The minimum Gasteiger partial charge on any atom is -0.494 e. The number of benzene rings is 1. The Bertz CT molecular complexity index is 322. The van der Waals surface area contributed by atoms with Crippen molar-refractivity contribution >= 4 is 0 Å². The van der Waals surface area contributed by atoms with Gasteiger partial charge in [0.25, 0.3) is 0 Å². The van der Waals surface area contributed by atoms with E-state index in [1.165, 1.54) is 12.0 Å². The average Bonchev–Trinajstić information content (AvgIpc) is 2.27. The highest BCUT2D eigenvalue weighted by Crippen LogP contribution is 2.14. The number of nitrogens with one attached hydrogen (secondary N) is 1. The lowest BCUT2D eigenvalue weighted by atomic mass is 10.0. The molecule has 96 valence electrons. The highest BCUT2D eigenvalue weighted by atomic mass is 16.5. The summed E-state index contributed by atoms with van der Waals surface area (Å²) in [4.78, 5) is 0. The molecule has 0 saturated heterocycles. The lowest BCUT2D eigenvalue weighted by molar-refractivity contribution is 0.277. The fourth-order valence-electron chi connectivity index (χ4n) is 1.97. The summed E-state index contributed by atoms with van der Waals surface area (Å²) in [6.45, 7) is 7.38. The van der Waals surface area contributed by atoms with Crippen LogP contribution in [0.4, 0.5) is 0 Å². The summed E-state index contributed by atoms with van der Waals surface area (Å²) in [5, 5.41) is 3.35. The number of ether oxygens (including phenoxy) is 1. The average molecular weight is 235 g/mol. The van der Waals surface area contributed by atoms with Crippen LogP contribution in [0.15, 0.2) is 24.3 Å². The van der Waals surface area contributed by atoms with E-state index in [1.807, 2.05) is 19.2 Å². The van der Waals surface area contributed by atoms with Crippen LogP contribution in [0.3, 0.4) is 0 Å². The molecule has 1 N–H and O–H groups in total. The predicted molar refractivity (Wildman–Crippen MR) is 73.6 cm³/mol. The summed E-state index contributed by atoms with van der Waals surface area (Å²) >= 11 is 0. The lowest BCUT2D eigenvalue weighted by Crippen LogP contribution is -2.28. The highest BCUT2D eigenvalue weighted by Gasteiger charge is 2.08. The van der Waals surface area contributed by atoms with Gasteiger partial charge in [0.05, 0.1) is 6.61 Å². The number of hydrogen-bond donors (Lipinski definition) is 1. The molecule has 0 aliphatic heterocycles. The molecule has 0 aromatic heterocycles. The fourth-order valence-corrected chi connectivity index (χ4v) is 1.97. The number of rotatable bonds is 7. The first-order valence-electron chi connectivity index (χ1n) is 6.48. The Kier molecular flexibility index (Phi) is 6.06. The van der Waals surface area contributed by atoms with Gasteiger partial charge in [0.2, 0.25) is 0 Å². The zero-order chi connectivity index (χ0) is 12.7. The number of aryl methyl sites for hydroxylation is 1. The normalized spacial score (nSPS) is 12.8. The molecule has 0 heterocycles. The van der Waals surface area contributed by atoms with Crippen LogP contribution in [-0.2, 0) is 0 Å². The topological polar surface area (TPSA) is 21.3 Å². The molecule has 0 aliphatic carbocycles. The predicted octanol–water partition coefficient (Wildman–Crippen LogP) is 3.40. The largest absolute Gasteiger partial charge is 0.494 e. The van der Waals surface area contributed by atoms with Crippen molar-refractivity contribution in [3.63, 3.8) is 0 Å². The van der Waals surface area contributed by atoms with E-state index in [2.05, 4.69) is 38.2 Å². The van der Waals surface area contributed by atoms with Gasteiger partial charge in [-0.05, 0) is 50.4 Å². The highest BCUT2D eigenvalue weighted by molar-refractivity contribution is 5.27. The molecule has 0 saturated carbocycles. The minimum atomic E-state index is 0.555. The van der Waals surface area contributed by atoms with E-state index in [9.17, 15) is 0 Å². The summed E-state index contributed by atoms with van der Waals surface area (Å²) in [7, 11) is 2.03. The standard InChI is InChI=1S/C15H25NO/c1-12(2)10-14(16-4)8-9-17-15-7-5-6-13(3)11-15/h5-7,11-12,14,16H,8-10H2,1-4H3. The van der Waals surface area contributed by atoms with Gasteiger partial charge in [-0.3, -0.25) is 0 Å². The second-order valence-electron chi connectivity index (χ2n) is 5.07. The first-order valence-corrected chi connectivity index (χ1v) is 6.48. The summed E-state index contributed by atoms with van der Waals surface area (Å²) < 4.78 is 5.76. The molecule has 1 unspecified atom stereocenters. The van der Waals surface area contributed by atoms with Crippen LogP contribution in [0.25, 0.3) is 0 Å². The molecule has 0 spiro atoms. The van der Waals surface area contributed by atoms with Crippen molar-refractivity contribution in [2.45, 2.75) is 39.7 Å². The first kappa shape index (κ1) is 14.0. The van der Waals surface area contributed by atoms with Crippen LogP contribution in [0.5, 0.6) is 5.75 Å². The zero-order valence-corrected chi connectivity index (χ0v) is 11.5. The maximum absolute atomic E-state index is 5.76. The SMILES string of the molecule is CNC(CCOc1cccc(C)c1)CC(C)C. The van der Waals surface area contributed by atoms with Gasteiger partial charge in [0.1, 0.15) is 5.75 Å². The molecule has 0 bridgehead atoms. The Balaban J connectivity index is 2.31. The van der Waals surface area contributed by atoms with Crippen LogP contribution in [0.1, 0.15) is 32.3 Å². The molecule has 0 radical (unpaired) electrons. The molecule has 1 atom stereocenters. The molecule has 0 amide bonds. The molecule has 2 nitrogen and oxygen atoms in total.